The molecule has 0 bridgehead atoms. The smallest absolute Gasteiger partial charge is 0.236 e. The van der Waals surface area contributed by atoms with E-state index in [1.165, 1.54) is 19.4 Å². The third-order valence-electron chi connectivity index (χ3n) is 4.16. The van der Waals surface area contributed by atoms with Crippen LogP contribution in [-0.2, 0) is 4.79 Å². The lowest BCUT2D eigenvalue weighted by atomic mass is 9.96. The minimum atomic E-state index is 0.313. The van der Waals surface area contributed by atoms with Gasteiger partial charge in [-0.15, -0.1) is 0 Å². The molecule has 1 amide bonds. The second-order valence-electron chi connectivity index (χ2n) is 6.11. The number of hydrogen-bond acceptors (Lipinski definition) is 4. The number of carbonyl (C=O) groups excluding carboxylic acids is 1. The second-order valence-corrected chi connectivity index (χ2v) is 6.11. The van der Waals surface area contributed by atoms with E-state index in [0.717, 1.165) is 45.2 Å². The molecular formula is C14H28N4O. The van der Waals surface area contributed by atoms with Crippen molar-refractivity contribution in [2.75, 3.05) is 66.5 Å². The largest absolute Gasteiger partial charge is 0.339 e. The Hall–Kier alpha value is -0.650. The highest BCUT2D eigenvalue weighted by molar-refractivity contribution is 5.78. The van der Waals surface area contributed by atoms with Crippen LogP contribution >= 0.6 is 0 Å². The molecule has 2 aliphatic heterocycles. The van der Waals surface area contributed by atoms with Crippen LogP contribution in [0.1, 0.15) is 12.8 Å². The summed E-state index contributed by atoms with van der Waals surface area (Å²) in [5.74, 6) is 1.12. The fourth-order valence-corrected chi connectivity index (χ4v) is 3.05. The van der Waals surface area contributed by atoms with E-state index in [2.05, 4.69) is 29.2 Å². The van der Waals surface area contributed by atoms with Crippen LogP contribution in [0.4, 0.5) is 0 Å². The molecule has 5 heteroatoms. The van der Waals surface area contributed by atoms with Crippen molar-refractivity contribution >= 4 is 5.91 Å². The highest BCUT2D eigenvalue weighted by Crippen LogP contribution is 2.17. The first-order valence-electron chi connectivity index (χ1n) is 7.50. The van der Waals surface area contributed by atoms with Gasteiger partial charge in [0.25, 0.3) is 0 Å². The highest BCUT2D eigenvalue weighted by Gasteiger charge is 2.23. The molecular weight excluding hydrogens is 240 g/mol. The molecule has 2 heterocycles. The van der Waals surface area contributed by atoms with Crippen molar-refractivity contribution in [3.63, 3.8) is 0 Å². The summed E-state index contributed by atoms with van der Waals surface area (Å²) in [6.45, 7) is 7.58. The van der Waals surface area contributed by atoms with E-state index < -0.39 is 0 Å². The van der Waals surface area contributed by atoms with Gasteiger partial charge in [-0.25, -0.2) is 0 Å². The zero-order chi connectivity index (χ0) is 13.7. The summed E-state index contributed by atoms with van der Waals surface area (Å²) in [6.07, 6.45) is 2.46. The molecule has 0 radical (unpaired) electrons. The van der Waals surface area contributed by atoms with E-state index in [0.29, 0.717) is 12.5 Å². The standard InChI is InChI=1S/C14H28N4O/c1-16(2)11-13-3-7-17(8-4-13)12-14(19)18-9-5-15-6-10-18/h13,15H,3-12H2,1-2H3. The number of carbonyl (C=O) groups is 1. The Morgan fingerprint density at radius 3 is 2.37 bits per heavy atom. The van der Waals surface area contributed by atoms with Gasteiger partial charge in [0, 0.05) is 32.7 Å². The first kappa shape index (κ1) is 14.8. The summed E-state index contributed by atoms with van der Waals surface area (Å²) >= 11 is 0. The Morgan fingerprint density at radius 1 is 1.16 bits per heavy atom. The maximum Gasteiger partial charge on any atom is 0.236 e. The van der Waals surface area contributed by atoms with Crippen LogP contribution in [0, 0.1) is 5.92 Å². The summed E-state index contributed by atoms with van der Waals surface area (Å²) in [5, 5.41) is 3.29. The molecule has 0 aromatic rings. The van der Waals surface area contributed by atoms with Crippen LogP contribution in [0.25, 0.3) is 0 Å². The average Bonchev–Trinajstić information content (AvgIpc) is 2.41. The maximum atomic E-state index is 12.2. The van der Waals surface area contributed by atoms with E-state index in [-0.39, 0.29) is 0 Å². The molecule has 0 spiro atoms. The first-order chi connectivity index (χ1) is 9.15. The molecule has 19 heavy (non-hydrogen) atoms. The van der Waals surface area contributed by atoms with Gasteiger partial charge in [-0.3, -0.25) is 9.69 Å². The summed E-state index contributed by atoms with van der Waals surface area (Å²) in [6, 6.07) is 0. The molecule has 0 aliphatic carbocycles. The second kappa shape index (κ2) is 7.22. The van der Waals surface area contributed by atoms with Crippen LogP contribution in [0.15, 0.2) is 0 Å². The molecule has 1 N–H and O–H groups in total. The Bertz CT molecular complexity index is 281. The fourth-order valence-electron chi connectivity index (χ4n) is 3.05. The van der Waals surface area contributed by atoms with Crippen molar-refractivity contribution in [3.05, 3.63) is 0 Å². The predicted molar refractivity (Wildman–Crippen MR) is 77.2 cm³/mol. The van der Waals surface area contributed by atoms with Gasteiger partial charge in [0.15, 0.2) is 0 Å². The van der Waals surface area contributed by atoms with Gasteiger partial charge in [0.2, 0.25) is 5.91 Å². The lowest BCUT2D eigenvalue weighted by molar-refractivity contribution is -0.133. The summed E-state index contributed by atoms with van der Waals surface area (Å²) < 4.78 is 0. The zero-order valence-corrected chi connectivity index (χ0v) is 12.4. The van der Waals surface area contributed by atoms with Crippen LogP contribution < -0.4 is 5.32 Å². The summed E-state index contributed by atoms with van der Waals surface area (Å²) in [4.78, 5) is 18.8. The normalized spacial score (nSPS) is 23.0. The summed E-state index contributed by atoms with van der Waals surface area (Å²) in [5.41, 5.74) is 0. The lowest BCUT2D eigenvalue weighted by Gasteiger charge is -2.35. The highest BCUT2D eigenvalue weighted by atomic mass is 16.2. The number of piperazine rings is 1. The maximum absolute atomic E-state index is 12.2. The minimum absolute atomic E-state index is 0.313. The molecule has 0 atom stereocenters. The third-order valence-corrected chi connectivity index (χ3v) is 4.16. The van der Waals surface area contributed by atoms with Gasteiger partial charge in [0.05, 0.1) is 6.54 Å². The van der Waals surface area contributed by atoms with Crippen LogP contribution in [0.5, 0.6) is 0 Å². The molecule has 2 saturated heterocycles. The molecule has 110 valence electrons. The lowest BCUT2D eigenvalue weighted by Crippen LogP contribution is -2.50. The van der Waals surface area contributed by atoms with E-state index in [1.54, 1.807) is 0 Å². The molecule has 0 aromatic heterocycles. The van der Waals surface area contributed by atoms with Crippen LogP contribution in [0.3, 0.4) is 0 Å². The number of piperidine rings is 1. The number of hydrogen-bond donors (Lipinski definition) is 1. The molecule has 0 saturated carbocycles. The van der Waals surface area contributed by atoms with Crippen LogP contribution in [0.2, 0.25) is 0 Å². The first-order valence-corrected chi connectivity index (χ1v) is 7.50. The zero-order valence-electron chi connectivity index (χ0n) is 12.4. The van der Waals surface area contributed by atoms with Crippen molar-refractivity contribution < 1.29 is 4.79 Å². The Labute approximate surface area is 116 Å². The molecule has 2 fully saturated rings. The fraction of sp³-hybridized carbons (Fsp3) is 0.929. The van der Waals surface area contributed by atoms with Crippen molar-refractivity contribution in [1.82, 2.24) is 20.0 Å². The number of nitrogens with one attached hydrogen (secondary N) is 1. The summed E-state index contributed by atoms with van der Waals surface area (Å²) in [7, 11) is 4.28. The van der Waals surface area contributed by atoms with Crippen molar-refractivity contribution in [1.29, 1.82) is 0 Å². The molecule has 2 aliphatic rings. The minimum Gasteiger partial charge on any atom is -0.339 e. The van der Waals surface area contributed by atoms with E-state index in [9.17, 15) is 4.79 Å². The molecule has 0 aromatic carbocycles. The third kappa shape index (κ3) is 4.75. The van der Waals surface area contributed by atoms with Gasteiger partial charge in [-0.1, -0.05) is 0 Å². The van der Waals surface area contributed by atoms with E-state index in [1.807, 2.05) is 4.90 Å². The van der Waals surface area contributed by atoms with E-state index in [4.69, 9.17) is 0 Å². The number of rotatable bonds is 4. The van der Waals surface area contributed by atoms with Gasteiger partial charge in [0.1, 0.15) is 0 Å². The predicted octanol–water partition coefficient (Wildman–Crippen LogP) is -0.308. The number of likely N-dealkylation sites (tertiary alicyclic amines) is 1. The van der Waals surface area contributed by atoms with Gasteiger partial charge < -0.3 is 15.1 Å². The SMILES string of the molecule is CN(C)CC1CCN(CC(=O)N2CCNCC2)CC1. The number of nitrogens with zero attached hydrogens (tertiary/aromatic N) is 3. The van der Waals surface area contributed by atoms with Crippen molar-refractivity contribution in [3.8, 4) is 0 Å². The van der Waals surface area contributed by atoms with Crippen LogP contribution in [-0.4, -0.2) is 87.1 Å². The molecule has 5 nitrogen and oxygen atoms in total. The quantitative estimate of drug-likeness (QED) is 0.759. The van der Waals surface area contributed by atoms with Crippen molar-refractivity contribution in [2.45, 2.75) is 12.8 Å². The molecule has 2 rings (SSSR count). The Balaban J connectivity index is 1.68. The monoisotopic (exact) mass is 268 g/mol. The number of amides is 1. The average molecular weight is 268 g/mol. The van der Waals surface area contributed by atoms with Gasteiger partial charge in [-0.05, 0) is 45.9 Å². The Morgan fingerprint density at radius 2 is 1.79 bits per heavy atom. The molecule has 0 unspecified atom stereocenters. The van der Waals surface area contributed by atoms with E-state index >= 15 is 0 Å². The van der Waals surface area contributed by atoms with Gasteiger partial charge >= 0.3 is 0 Å². The Kier molecular flexibility index (Phi) is 5.60. The van der Waals surface area contributed by atoms with Gasteiger partial charge in [-0.2, -0.15) is 0 Å². The topological polar surface area (TPSA) is 38.8 Å². The van der Waals surface area contributed by atoms with Crippen molar-refractivity contribution in [2.24, 2.45) is 5.92 Å².